The van der Waals surface area contributed by atoms with Crippen molar-refractivity contribution >= 4 is 5.97 Å². The van der Waals surface area contributed by atoms with Crippen LogP contribution in [0.2, 0.25) is 0 Å². The molecule has 6 heteroatoms. The lowest BCUT2D eigenvalue weighted by atomic mass is 9.87. The smallest absolute Gasteiger partial charge is 0.303 e. The van der Waals surface area contributed by atoms with Gasteiger partial charge in [0.15, 0.2) is 6.29 Å². The van der Waals surface area contributed by atoms with E-state index in [2.05, 4.69) is 0 Å². The summed E-state index contributed by atoms with van der Waals surface area (Å²) in [6.07, 6.45) is 11.8. The number of hydrogen-bond donors (Lipinski definition) is 4. The second-order valence-corrected chi connectivity index (χ2v) is 6.58. The van der Waals surface area contributed by atoms with Crippen LogP contribution < -0.4 is 0 Å². The molecule has 5 unspecified atom stereocenters. The molecule has 4 N–H and O–H groups in total. The second kappa shape index (κ2) is 12.8. The maximum Gasteiger partial charge on any atom is 0.303 e. The number of aliphatic carboxylic acids is 1. The Hall–Kier alpha value is -1.47. The first kappa shape index (κ1) is 22.6. The standard InChI is InChI=1S/C20H32O6/c1-2-3-6-9-15(21)12-13-18-16(17(22)14-20(25)26-18)10-7-4-5-8-11-19(23)24/h3-4,6-7,12-13,15-18,20-22,25H,2,5,8-11,14H2,1H3,(H,23,24)/b6-3+,7-4+,13-12+. The summed E-state index contributed by atoms with van der Waals surface area (Å²) in [5.74, 6) is -1.02. The lowest BCUT2D eigenvalue weighted by Crippen LogP contribution is -2.43. The third kappa shape index (κ3) is 9.29. The Morgan fingerprint density at radius 1 is 1.23 bits per heavy atom. The van der Waals surface area contributed by atoms with Crippen LogP contribution >= 0.6 is 0 Å². The largest absolute Gasteiger partial charge is 0.481 e. The molecule has 5 atom stereocenters. The Labute approximate surface area is 155 Å². The maximum atomic E-state index is 10.5. The minimum atomic E-state index is -1.02. The fraction of sp³-hybridized carbons (Fsp3) is 0.650. The van der Waals surface area contributed by atoms with Gasteiger partial charge in [-0.25, -0.2) is 0 Å². The molecule has 0 bridgehead atoms. The first-order chi connectivity index (χ1) is 12.4. The summed E-state index contributed by atoms with van der Waals surface area (Å²) in [7, 11) is 0. The second-order valence-electron chi connectivity index (χ2n) is 6.58. The van der Waals surface area contributed by atoms with Gasteiger partial charge in [0.1, 0.15) is 0 Å². The van der Waals surface area contributed by atoms with E-state index >= 15 is 0 Å². The molecule has 0 aromatic heterocycles. The summed E-state index contributed by atoms with van der Waals surface area (Å²) in [4.78, 5) is 10.5. The molecule has 1 fully saturated rings. The van der Waals surface area contributed by atoms with Crippen molar-refractivity contribution in [2.24, 2.45) is 5.92 Å². The Balaban J connectivity index is 2.56. The summed E-state index contributed by atoms with van der Waals surface area (Å²) in [5, 5.41) is 38.6. The van der Waals surface area contributed by atoms with E-state index in [4.69, 9.17) is 9.84 Å². The zero-order chi connectivity index (χ0) is 19.4. The van der Waals surface area contributed by atoms with Crippen molar-refractivity contribution < 1.29 is 30.0 Å². The van der Waals surface area contributed by atoms with Crippen molar-refractivity contribution in [3.05, 3.63) is 36.5 Å². The monoisotopic (exact) mass is 368 g/mol. The first-order valence-electron chi connectivity index (χ1n) is 9.33. The highest BCUT2D eigenvalue weighted by Crippen LogP contribution is 2.29. The summed E-state index contributed by atoms with van der Waals surface area (Å²) in [6, 6.07) is 0. The van der Waals surface area contributed by atoms with Gasteiger partial charge in [-0.2, -0.15) is 0 Å². The molecule has 0 aliphatic carbocycles. The molecule has 1 rings (SSSR count). The Morgan fingerprint density at radius 2 is 2.00 bits per heavy atom. The average molecular weight is 368 g/mol. The molecule has 0 aromatic carbocycles. The molecule has 1 heterocycles. The molecular weight excluding hydrogens is 336 g/mol. The van der Waals surface area contributed by atoms with E-state index in [0.717, 1.165) is 6.42 Å². The van der Waals surface area contributed by atoms with Gasteiger partial charge in [0, 0.05) is 18.8 Å². The van der Waals surface area contributed by atoms with Crippen molar-refractivity contribution in [2.75, 3.05) is 0 Å². The number of aliphatic hydroxyl groups excluding tert-OH is 3. The normalized spacial score (nSPS) is 28.3. The minimum absolute atomic E-state index is 0.140. The van der Waals surface area contributed by atoms with E-state index in [1.165, 1.54) is 0 Å². The molecule has 0 radical (unpaired) electrons. The van der Waals surface area contributed by atoms with Gasteiger partial charge in [0.05, 0.1) is 18.3 Å². The van der Waals surface area contributed by atoms with Crippen LogP contribution in [0.1, 0.15) is 51.9 Å². The molecule has 26 heavy (non-hydrogen) atoms. The molecule has 1 aliphatic rings. The van der Waals surface area contributed by atoms with E-state index in [-0.39, 0.29) is 18.8 Å². The van der Waals surface area contributed by atoms with Crippen LogP contribution in [0, 0.1) is 5.92 Å². The number of hydrogen-bond acceptors (Lipinski definition) is 5. The van der Waals surface area contributed by atoms with Gasteiger partial charge in [-0.3, -0.25) is 4.79 Å². The zero-order valence-electron chi connectivity index (χ0n) is 15.4. The Bertz CT molecular complexity index is 485. The SMILES string of the molecule is CC/C=C/CC(O)/C=C/C1OC(O)CC(O)C1C/C=C/CCCC(=O)O. The molecule has 0 spiro atoms. The molecule has 148 valence electrons. The number of carboxylic acids is 1. The van der Waals surface area contributed by atoms with E-state index in [1.54, 1.807) is 12.2 Å². The number of unbranched alkanes of at least 4 members (excludes halogenated alkanes) is 1. The van der Waals surface area contributed by atoms with Gasteiger partial charge in [-0.05, 0) is 32.1 Å². The zero-order valence-corrected chi connectivity index (χ0v) is 15.4. The molecule has 6 nitrogen and oxygen atoms in total. The topological polar surface area (TPSA) is 107 Å². The van der Waals surface area contributed by atoms with Crippen LogP contribution in [-0.2, 0) is 9.53 Å². The number of allylic oxidation sites excluding steroid dienone is 3. The molecule has 0 amide bonds. The van der Waals surface area contributed by atoms with Gasteiger partial charge in [0.25, 0.3) is 0 Å². The molecular formula is C20H32O6. The van der Waals surface area contributed by atoms with E-state index in [9.17, 15) is 20.1 Å². The van der Waals surface area contributed by atoms with Crippen molar-refractivity contribution in [3.8, 4) is 0 Å². The lowest BCUT2D eigenvalue weighted by Gasteiger charge is -2.36. The third-order valence-corrected chi connectivity index (χ3v) is 4.31. The van der Waals surface area contributed by atoms with E-state index in [0.29, 0.717) is 25.7 Å². The van der Waals surface area contributed by atoms with Gasteiger partial charge >= 0.3 is 5.97 Å². The predicted octanol–water partition coefficient (Wildman–Crippen LogP) is 2.55. The van der Waals surface area contributed by atoms with Crippen LogP contribution in [0.5, 0.6) is 0 Å². The van der Waals surface area contributed by atoms with Crippen LogP contribution in [-0.4, -0.2) is 51.0 Å². The highest BCUT2D eigenvalue weighted by Gasteiger charge is 2.35. The molecule has 1 aliphatic heterocycles. The summed E-state index contributed by atoms with van der Waals surface area (Å²) in [6.45, 7) is 2.02. The highest BCUT2D eigenvalue weighted by atomic mass is 16.6. The maximum absolute atomic E-state index is 10.5. The van der Waals surface area contributed by atoms with Crippen LogP contribution in [0.3, 0.4) is 0 Å². The fourth-order valence-electron chi connectivity index (χ4n) is 2.88. The van der Waals surface area contributed by atoms with Crippen LogP contribution in [0.4, 0.5) is 0 Å². The number of rotatable bonds is 11. The van der Waals surface area contributed by atoms with Crippen molar-refractivity contribution in [1.82, 2.24) is 0 Å². The number of carboxylic acid groups (broad SMARTS) is 1. The molecule has 1 saturated heterocycles. The van der Waals surface area contributed by atoms with Gasteiger partial charge < -0.3 is 25.2 Å². The lowest BCUT2D eigenvalue weighted by molar-refractivity contribution is -0.199. The fourth-order valence-corrected chi connectivity index (χ4v) is 2.88. The minimum Gasteiger partial charge on any atom is -0.481 e. The summed E-state index contributed by atoms with van der Waals surface area (Å²) in [5.41, 5.74) is 0. The molecule has 0 saturated carbocycles. The number of carbonyl (C=O) groups is 1. The number of ether oxygens (including phenoxy) is 1. The van der Waals surface area contributed by atoms with Crippen LogP contribution in [0.25, 0.3) is 0 Å². The van der Waals surface area contributed by atoms with E-state index < -0.39 is 30.6 Å². The van der Waals surface area contributed by atoms with Crippen molar-refractivity contribution in [2.45, 2.75) is 76.5 Å². The summed E-state index contributed by atoms with van der Waals surface area (Å²) >= 11 is 0. The first-order valence-corrected chi connectivity index (χ1v) is 9.33. The van der Waals surface area contributed by atoms with Gasteiger partial charge in [-0.15, -0.1) is 0 Å². The van der Waals surface area contributed by atoms with Crippen molar-refractivity contribution in [1.29, 1.82) is 0 Å². The van der Waals surface area contributed by atoms with Gasteiger partial charge in [-0.1, -0.05) is 43.4 Å². The Morgan fingerprint density at radius 3 is 2.69 bits per heavy atom. The third-order valence-electron chi connectivity index (χ3n) is 4.31. The molecule has 0 aromatic rings. The Kier molecular flexibility index (Phi) is 11.1. The average Bonchev–Trinajstić information content (AvgIpc) is 2.57. The highest BCUT2D eigenvalue weighted by molar-refractivity contribution is 5.66. The van der Waals surface area contributed by atoms with Crippen LogP contribution in [0.15, 0.2) is 36.5 Å². The number of aliphatic hydroxyl groups is 3. The quantitative estimate of drug-likeness (QED) is 0.330. The summed E-state index contributed by atoms with van der Waals surface area (Å²) < 4.78 is 5.52. The van der Waals surface area contributed by atoms with Gasteiger partial charge in [0.2, 0.25) is 0 Å². The van der Waals surface area contributed by atoms with E-state index in [1.807, 2.05) is 31.2 Å². The van der Waals surface area contributed by atoms with Crippen molar-refractivity contribution in [3.63, 3.8) is 0 Å². The predicted molar refractivity (Wildman–Crippen MR) is 99.4 cm³/mol.